The van der Waals surface area contributed by atoms with E-state index in [0.717, 1.165) is 35.8 Å². The summed E-state index contributed by atoms with van der Waals surface area (Å²) >= 11 is 0. The van der Waals surface area contributed by atoms with Crippen LogP contribution in [0.4, 0.5) is 0 Å². The molecule has 0 aromatic carbocycles. The fourth-order valence-electron chi connectivity index (χ4n) is 7.22. The van der Waals surface area contributed by atoms with Crippen LogP contribution in [0.3, 0.4) is 0 Å². The number of nitrogens with zero attached hydrogens (tertiary/aromatic N) is 2. The van der Waals surface area contributed by atoms with Gasteiger partial charge in [-0.2, -0.15) is 0 Å². The number of aromatic nitrogens is 2. The first-order chi connectivity index (χ1) is 13.9. The van der Waals surface area contributed by atoms with E-state index in [1.165, 1.54) is 56.2 Å². The van der Waals surface area contributed by atoms with E-state index in [-0.39, 0.29) is 0 Å². The predicted octanol–water partition coefficient (Wildman–Crippen LogP) is 7.50. The lowest BCUT2D eigenvalue weighted by Crippen LogP contribution is -2.30. The van der Waals surface area contributed by atoms with E-state index in [9.17, 15) is 0 Å². The Morgan fingerprint density at radius 1 is 0.828 bits per heavy atom. The van der Waals surface area contributed by atoms with Gasteiger partial charge in [-0.05, 0) is 97.1 Å². The molecule has 0 N–H and O–H groups in total. The fourth-order valence-corrected chi connectivity index (χ4v) is 7.22. The molecule has 3 aliphatic carbocycles. The lowest BCUT2D eigenvalue weighted by atomic mass is 9.63. The SMILES string of the molecule is CCC1=C(C2CCC(C)C(C)C2)c2nonc2C(C2CCC(C)C[C@H](C)C2)C1C. The molecule has 3 aliphatic rings. The monoisotopic (exact) mass is 398 g/mol. The van der Waals surface area contributed by atoms with Crippen LogP contribution in [0, 0.1) is 41.4 Å². The van der Waals surface area contributed by atoms with Gasteiger partial charge in [0.2, 0.25) is 0 Å². The summed E-state index contributed by atoms with van der Waals surface area (Å²) in [7, 11) is 0. The predicted molar refractivity (Wildman–Crippen MR) is 119 cm³/mol. The Morgan fingerprint density at radius 3 is 2.34 bits per heavy atom. The quantitative estimate of drug-likeness (QED) is 0.495. The number of hydrogen-bond donors (Lipinski definition) is 0. The minimum absolute atomic E-state index is 0.489. The average molecular weight is 399 g/mol. The maximum Gasteiger partial charge on any atom is 0.134 e. The Morgan fingerprint density at radius 2 is 1.62 bits per heavy atom. The number of rotatable bonds is 3. The van der Waals surface area contributed by atoms with E-state index in [0.29, 0.717) is 23.7 Å². The van der Waals surface area contributed by atoms with Crippen molar-refractivity contribution in [2.45, 2.75) is 98.8 Å². The first-order valence-corrected chi connectivity index (χ1v) is 12.5. The zero-order valence-corrected chi connectivity index (χ0v) is 19.6. The Balaban J connectivity index is 1.70. The number of allylic oxidation sites excluding steroid dienone is 2. The van der Waals surface area contributed by atoms with E-state index in [4.69, 9.17) is 4.63 Å². The smallest absolute Gasteiger partial charge is 0.134 e. The zero-order valence-electron chi connectivity index (χ0n) is 19.6. The average Bonchev–Trinajstić information content (AvgIpc) is 3.08. The Bertz CT molecular complexity index is 735. The molecule has 7 unspecified atom stereocenters. The third-order valence-electron chi connectivity index (χ3n) is 8.95. The van der Waals surface area contributed by atoms with E-state index in [1.807, 2.05) is 0 Å². The molecule has 3 nitrogen and oxygen atoms in total. The first-order valence-electron chi connectivity index (χ1n) is 12.5. The van der Waals surface area contributed by atoms with Crippen LogP contribution >= 0.6 is 0 Å². The van der Waals surface area contributed by atoms with Crippen molar-refractivity contribution in [3.63, 3.8) is 0 Å². The van der Waals surface area contributed by atoms with Crippen molar-refractivity contribution in [1.82, 2.24) is 10.3 Å². The van der Waals surface area contributed by atoms with Gasteiger partial charge in [0.25, 0.3) is 0 Å². The summed E-state index contributed by atoms with van der Waals surface area (Å²) in [6.45, 7) is 14.6. The van der Waals surface area contributed by atoms with Gasteiger partial charge in [-0.15, -0.1) is 0 Å². The first kappa shape index (κ1) is 21.1. The molecular weight excluding hydrogens is 356 g/mol. The fraction of sp³-hybridized carbons (Fsp3) is 0.846. The second kappa shape index (κ2) is 8.55. The minimum atomic E-state index is 0.489. The van der Waals surface area contributed by atoms with Gasteiger partial charge < -0.3 is 0 Å². The molecule has 0 saturated heterocycles. The van der Waals surface area contributed by atoms with E-state index < -0.39 is 0 Å². The standard InChI is InChI=1S/C26H42N2O/c1-7-22-19(6)23(20-10-8-15(2)12-16(3)13-20)25-26(28-29-27-25)24(22)21-11-9-17(4)18(5)14-21/h15-21,23H,7-14H2,1-6H3/t15?,16-,17?,18?,19?,20?,21?,23?/m0/s1. The van der Waals surface area contributed by atoms with Gasteiger partial charge in [-0.1, -0.05) is 58.7 Å². The maximum atomic E-state index is 5.44. The van der Waals surface area contributed by atoms with Gasteiger partial charge in [-0.25, -0.2) is 4.63 Å². The molecule has 3 heteroatoms. The topological polar surface area (TPSA) is 38.9 Å². The molecular formula is C26H42N2O. The minimum Gasteiger partial charge on any atom is -0.244 e. The molecule has 2 saturated carbocycles. The molecule has 1 aromatic heterocycles. The van der Waals surface area contributed by atoms with Crippen LogP contribution in [0.15, 0.2) is 10.2 Å². The summed E-state index contributed by atoms with van der Waals surface area (Å²) in [6.07, 6.45) is 10.5. The molecule has 0 radical (unpaired) electrons. The van der Waals surface area contributed by atoms with Gasteiger partial charge in [0.05, 0.1) is 0 Å². The molecule has 0 amide bonds. The van der Waals surface area contributed by atoms with Gasteiger partial charge in [-0.3, -0.25) is 0 Å². The molecule has 0 bridgehead atoms. The molecule has 2 fully saturated rings. The van der Waals surface area contributed by atoms with Crippen LogP contribution < -0.4 is 0 Å². The van der Waals surface area contributed by atoms with Crippen LogP contribution in [0.1, 0.15) is 110 Å². The summed E-state index contributed by atoms with van der Waals surface area (Å²) < 4.78 is 5.44. The number of hydrogen-bond acceptors (Lipinski definition) is 3. The highest BCUT2D eigenvalue weighted by Crippen LogP contribution is 2.53. The normalized spacial score (nSPS) is 41.2. The molecule has 8 atom stereocenters. The Kier molecular flexibility index (Phi) is 6.23. The van der Waals surface area contributed by atoms with Crippen molar-refractivity contribution in [3.05, 3.63) is 17.0 Å². The van der Waals surface area contributed by atoms with E-state index in [1.54, 1.807) is 5.57 Å². The molecule has 1 aromatic rings. The van der Waals surface area contributed by atoms with Crippen molar-refractivity contribution >= 4 is 5.57 Å². The lowest BCUT2D eigenvalue weighted by molar-refractivity contribution is 0.237. The third-order valence-corrected chi connectivity index (χ3v) is 8.95. The molecule has 0 spiro atoms. The molecule has 29 heavy (non-hydrogen) atoms. The van der Waals surface area contributed by atoms with Crippen molar-refractivity contribution in [3.8, 4) is 0 Å². The highest BCUT2D eigenvalue weighted by Gasteiger charge is 2.43. The van der Waals surface area contributed by atoms with Gasteiger partial charge >= 0.3 is 0 Å². The molecule has 4 rings (SSSR count). The lowest BCUT2D eigenvalue weighted by Gasteiger charge is -2.40. The Labute approximate surface area is 178 Å². The van der Waals surface area contributed by atoms with Crippen LogP contribution in [-0.4, -0.2) is 10.3 Å². The van der Waals surface area contributed by atoms with Crippen LogP contribution in [0.25, 0.3) is 5.57 Å². The van der Waals surface area contributed by atoms with Crippen molar-refractivity contribution in [2.75, 3.05) is 0 Å². The maximum absolute atomic E-state index is 5.44. The van der Waals surface area contributed by atoms with Gasteiger partial charge in [0.15, 0.2) is 0 Å². The second-order valence-corrected chi connectivity index (χ2v) is 11.1. The van der Waals surface area contributed by atoms with E-state index in [2.05, 4.69) is 51.9 Å². The van der Waals surface area contributed by atoms with Gasteiger partial charge in [0.1, 0.15) is 11.4 Å². The summed E-state index contributed by atoms with van der Waals surface area (Å²) in [5, 5.41) is 9.11. The third kappa shape index (κ3) is 3.95. The number of fused-ring (bicyclic) bond motifs is 1. The Hall–Kier alpha value is -1.12. The summed E-state index contributed by atoms with van der Waals surface area (Å²) in [4.78, 5) is 0. The largest absolute Gasteiger partial charge is 0.244 e. The highest BCUT2D eigenvalue weighted by atomic mass is 16.6. The second-order valence-electron chi connectivity index (χ2n) is 11.1. The summed E-state index contributed by atoms with van der Waals surface area (Å²) in [5.41, 5.74) is 5.53. The van der Waals surface area contributed by atoms with Crippen molar-refractivity contribution < 1.29 is 4.63 Å². The summed E-state index contributed by atoms with van der Waals surface area (Å²) in [5.74, 6) is 5.70. The van der Waals surface area contributed by atoms with Crippen molar-refractivity contribution in [1.29, 1.82) is 0 Å². The van der Waals surface area contributed by atoms with Gasteiger partial charge in [0, 0.05) is 5.92 Å². The van der Waals surface area contributed by atoms with Crippen LogP contribution in [0.5, 0.6) is 0 Å². The highest BCUT2D eigenvalue weighted by molar-refractivity contribution is 5.72. The molecule has 0 aliphatic heterocycles. The zero-order chi connectivity index (χ0) is 20.7. The molecule has 162 valence electrons. The van der Waals surface area contributed by atoms with Crippen LogP contribution in [-0.2, 0) is 0 Å². The molecule has 1 heterocycles. The van der Waals surface area contributed by atoms with Crippen LogP contribution in [0.2, 0.25) is 0 Å². The summed E-state index contributed by atoms with van der Waals surface area (Å²) in [6, 6.07) is 0. The van der Waals surface area contributed by atoms with E-state index >= 15 is 0 Å². The van der Waals surface area contributed by atoms with Crippen molar-refractivity contribution in [2.24, 2.45) is 41.4 Å².